The van der Waals surface area contributed by atoms with Crippen LogP contribution in [-0.2, 0) is 14.8 Å². The van der Waals surface area contributed by atoms with Crippen molar-refractivity contribution in [3.63, 3.8) is 0 Å². The molecule has 1 aromatic heterocycles. The Hall–Kier alpha value is -3.30. The van der Waals surface area contributed by atoms with Crippen LogP contribution in [0.2, 0.25) is 0 Å². The highest BCUT2D eigenvalue weighted by Gasteiger charge is 2.23. The normalized spacial score (nSPS) is 11.4. The Kier molecular flexibility index (Phi) is 7.14. The number of sulfonamides is 1. The number of hydrogen-bond donors (Lipinski definition) is 3. The van der Waals surface area contributed by atoms with Gasteiger partial charge in [-0.25, -0.2) is 18.1 Å². The van der Waals surface area contributed by atoms with E-state index in [-0.39, 0.29) is 23.6 Å². The molecule has 0 spiro atoms. The number of benzene rings is 2. The lowest BCUT2D eigenvalue weighted by atomic mass is 9.95. The fourth-order valence-corrected chi connectivity index (χ4v) is 5.31. The van der Waals surface area contributed by atoms with E-state index in [2.05, 4.69) is 20.6 Å². The van der Waals surface area contributed by atoms with Crippen LogP contribution in [-0.4, -0.2) is 31.8 Å². The highest BCUT2D eigenvalue weighted by atomic mass is 32.2. The first kappa shape index (κ1) is 24.3. The van der Waals surface area contributed by atoms with Crippen molar-refractivity contribution >= 4 is 32.7 Å². The quantitative estimate of drug-likeness (QED) is 0.481. The molecule has 9 heteroatoms. The molecule has 2 amide bonds. The summed E-state index contributed by atoms with van der Waals surface area (Å²) in [7, 11) is -3.80. The molecular weight excluding hydrogens is 440 g/mol. The van der Waals surface area contributed by atoms with Crippen LogP contribution >= 0.6 is 0 Å². The number of pyridine rings is 1. The van der Waals surface area contributed by atoms with Crippen LogP contribution in [0, 0.1) is 34.6 Å². The molecule has 3 aromatic rings. The Morgan fingerprint density at radius 3 is 2.09 bits per heavy atom. The van der Waals surface area contributed by atoms with E-state index in [1.165, 1.54) is 0 Å². The zero-order chi connectivity index (χ0) is 24.3. The van der Waals surface area contributed by atoms with Gasteiger partial charge in [0.15, 0.2) is 0 Å². The van der Waals surface area contributed by atoms with Crippen LogP contribution in [0.15, 0.2) is 41.3 Å². The van der Waals surface area contributed by atoms with E-state index in [0.717, 1.165) is 22.1 Å². The smallest absolute Gasteiger partial charge is 0.273 e. The lowest BCUT2D eigenvalue weighted by Crippen LogP contribution is -2.43. The largest absolute Gasteiger partial charge is 0.288 e. The van der Waals surface area contributed by atoms with Crippen molar-refractivity contribution in [1.82, 2.24) is 20.6 Å². The summed E-state index contributed by atoms with van der Waals surface area (Å²) in [4.78, 5) is 28.9. The van der Waals surface area contributed by atoms with Gasteiger partial charge in [-0.05, 0) is 74.6 Å². The molecule has 2 aromatic carbocycles. The number of hydrazine groups is 1. The van der Waals surface area contributed by atoms with Crippen LogP contribution < -0.4 is 15.6 Å². The van der Waals surface area contributed by atoms with Gasteiger partial charge in [0.2, 0.25) is 15.9 Å². The van der Waals surface area contributed by atoms with E-state index in [9.17, 15) is 18.0 Å². The Balaban J connectivity index is 1.57. The maximum absolute atomic E-state index is 12.9. The van der Waals surface area contributed by atoms with Crippen molar-refractivity contribution < 1.29 is 18.0 Å². The molecule has 0 aliphatic rings. The zero-order valence-electron chi connectivity index (χ0n) is 19.4. The molecule has 0 bridgehead atoms. The molecule has 0 unspecified atom stereocenters. The number of rotatable bonds is 6. The SMILES string of the molecule is Cc1c(C)c(C)c(S(=O)(=O)NCCC(=O)NNC(=O)c2ccc3ccccc3n2)c(C)c1C. The van der Waals surface area contributed by atoms with Gasteiger partial charge in [0.05, 0.1) is 10.4 Å². The van der Waals surface area contributed by atoms with Crippen molar-refractivity contribution in [2.75, 3.05) is 6.54 Å². The number of hydrogen-bond acceptors (Lipinski definition) is 5. The lowest BCUT2D eigenvalue weighted by molar-refractivity contribution is -0.121. The number of carbonyl (C=O) groups excluding carboxylic acids is 2. The third-order valence-corrected chi connectivity index (χ3v) is 7.72. The summed E-state index contributed by atoms with van der Waals surface area (Å²) in [5.74, 6) is -1.09. The molecule has 0 aliphatic heterocycles. The number of amides is 2. The predicted octanol–water partition coefficient (Wildman–Crippen LogP) is 2.91. The van der Waals surface area contributed by atoms with E-state index in [4.69, 9.17) is 0 Å². The molecule has 3 N–H and O–H groups in total. The van der Waals surface area contributed by atoms with Crippen LogP contribution in [0.5, 0.6) is 0 Å². The van der Waals surface area contributed by atoms with Gasteiger partial charge in [0, 0.05) is 18.4 Å². The van der Waals surface area contributed by atoms with Crippen molar-refractivity contribution in [1.29, 1.82) is 0 Å². The average molecular weight is 469 g/mol. The highest BCUT2D eigenvalue weighted by molar-refractivity contribution is 7.89. The van der Waals surface area contributed by atoms with Gasteiger partial charge in [-0.3, -0.25) is 20.4 Å². The highest BCUT2D eigenvalue weighted by Crippen LogP contribution is 2.29. The molecule has 0 saturated heterocycles. The van der Waals surface area contributed by atoms with Crippen LogP contribution in [0.4, 0.5) is 0 Å². The van der Waals surface area contributed by atoms with Gasteiger partial charge >= 0.3 is 0 Å². The second-order valence-electron chi connectivity index (χ2n) is 7.99. The molecule has 0 radical (unpaired) electrons. The molecule has 0 fully saturated rings. The Bertz CT molecular complexity index is 1320. The summed E-state index contributed by atoms with van der Waals surface area (Å²) in [5, 5.41) is 0.898. The summed E-state index contributed by atoms with van der Waals surface area (Å²) in [6.07, 6.45) is -0.146. The molecule has 0 saturated carbocycles. The summed E-state index contributed by atoms with van der Waals surface area (Å²) in [6, 6.07) is 10.7. The maximum Gasteiger partial charge on any atom is 0.288 e. The summed E-state index contributed by atoms with van der Waals surface area (Å²) >= 11 is 0. The van der Waals surface area contributed by atoms with Gasteiger partial charge < -0.3 is 0 Å². The van der Waals surface area contributed by atoms with E-state index in [0.29, 0.717) is 16.6 Å². The summed E-state index contributed by atoms with van der Waals surface area (Å²) in [5.41, 5.74) is 9.74. The number of aromatic nitrogens is 1. The van der Waals surface area contributed by atoms with Gasteiger partial charge in [-0.1, -0.05) is 24.3 Å². The number of para-hydroxylation sites is 1. The first-order valence-corrected chi connectivity index (χ1v) is 12.0. The van der Waals surface area contributed by atoms with Crippen molar-refractivity contribution in [3.8, 4) is 0 Å². The molecule has 174 valence electrons. The van der Waals surface area contributed by atoms with Crippen LogP contribution in [0.1, 0.15) is 44.7 Å². The van der Waals surface area contributed by atoms with Crippen LogP contribution in [0.3, 0.4) is 0 Å². The third kappa shape index (κ3) is 5.20. The first-order valence-electron chi connectivity index (χ1n) is 10.5. The summed E-state index contributed by atoms with van der Waals surface area (Å²) < 4.78 is 28.3. The summed E-state index contributed by atoms with van der Waals surface area (Å²) in [6.45, 7) is 9.23. The number of nitrogens with zero attached hydrogens (tertiary/aromatic N) is 1. The topological polar surface area (TPSA) is 117 Å². The van der Waals surface area contributed by atoms with Gasteiger partial charge in [-0.2, -0.15) is 0 Å². The minimum Gasteiger partial charge on any atom is -0.273 e. The minimum absolute atomic E-state index is 0.108. The fraction of sp³-hybridized carbons (Fsp3) is 0.292. The van der Waals surface area contributed by atoms with Crippen molar-refractivity contribution in [2.45, 2.75) is 45.9 Å². The Morgan fingerprint density at radius 1 is 0.818 bits per heavy atom. The van der Waals surface area contributed by atoms with E-state index >= 15 is 0 Å². The standard InChI is InChI=1S/C24H28N4O4S/c1-14-15(2)17(4)23(18(5)16(14)3)33(31,32)25-13-12-22(29)27-28-24(30)21-11-10-19-8-6-7-9-20(19)26-21/h6-11,25H,12-13H2,1-5H3,(H,27,29)(H,28,30). The number of nitrogens with one attached hydrogen (secondary N) is 3. The first-order chi connectivity index (χ1) is 15.5. The average Bonchev–Trinajstić information content (AvgIpc) is 2.79. The molecule has 1 heterocycles. The Morgan fingerprint density at radius 2 is 1.42 bits per heavy atom. The second kappa shape index (κ2) is 9.68. The molecule has 8 nitrogen and oxygen atoms in total. The molecule has 0 atom stereocenters. The monoisotopic (exact) mass is 468 g/mol. The van der Waals surface area contributed by atoms with E-state index < -0.39 is 21.8 Å². The van der Waals surface area contributed by atoms with Gasteiger partial charge in [0.25, 0.3) is 5.91 Å². The maximum atomic E-state index is 12.9. The van der Waals surface area contributed by atoms with Crippen LogP contribution in [0.25, 0.3) is 10.9 Å². The molecular formula is C24H28N4O4S. The lowest BCUT2D eigenvalue weighted by Gasteiger charge is -2.19. The second-order valence-corrected chi connectivity index (χ2v) is 9.70. The zero-order valence-corrected chi connectivity index (χ0v) is 20.2. The third-order valence-electron chi connectivity index (χ3n) is 5.99. The van der Waals surface area contributed by atoms with E-state index in [1.54, 1.807) is 32.0 Å². The van der Waals surface area contributed by atoms with Gasteiger partial charge in [-0.15, -0.1) is 0 Å². The van der Waals surface area contributed by atoms with Crippen molar-refractivity contribution in [2.24, 2.45) is 0 Å². The van der Waals surface area contributed by atoms with Gasteiger partial charge in [0.1, 0.15) is 5.69 Å². The molecule has 33 heavy (non-hydrogen) atoms. The number of fused-ring (bicyclic) bond motifs is 1. The molecule has 3 rings (SSSR count). The minimum atomic E-state index is -3.80. The number of carbonyl (C=O) groups is 2. The molecule has 0 aliphatic carbocycles. The Labute approximate surface area is 193 Å². The fourth-order valence-electron chi connectivity index (χ4n) is 3.69. The van der Waals surface area contributed by atoms with E-state index in [1.807, 2.05) is 39.0 Å². The predicted molar refractivity (Wildman–Crippen MR) is 127 cm³/mol. The van der Waals surface area contributed by atoms with Crippen molar-refractivity contribution in [3.05, 3.63) is 69.9 Å².